The van der Waals surface area contributed by atoms with Gasteiger partial charge in [-0.05, 0) is 0 Å². The number of carbonyl (C=O) groups is 1. The highest BCUT2D eigenvalue weighted by molar-refractivity contribution is 7.99. The maximum absolute atomic E-state index is 11.1. The summed E-state index contributed by atoms with van der Waals surface area (Å²) in [5.41, 5.74) is 2.71. The Morgan fingerprint density at radius 1 is 1.39 bits per heavy atom. The highest BCUT2D eigenvalue weighted by Gasteiger charge is 2.29. The fourth-order valence-electron chi connectivity index (χ4n) is 1.68. The Morgan fingerprint density at radius 2 is 2.11 bits per heavy atom. The molecule has 2 heterocycles. The molecule has 0 bridgehead atoms. The zero-order valence-electron chi connectivity index (χ0n) is 11.0. The Bertz CT molecular complexity index is 478. The predicted octanol–water partition coefficient (Wildman–Crippen LogP) is -0.577. The summed E-state index contributed by atoms with van der Waals surface area (Å²) in [7, 11) is 5.57. The number of hydrogen-bond donors (Lipinski definition) is 1. The molecule has 0 spiro atoms. The van der Waals surface area contributed by atoms with Gasteiger partial charge in [0.1, 0.15) is 0 Å². The van der Waals surface area contributed by atoms with E-state index >= 15 is 0 Å². The number of anilines is 2. The van der Waals surface area contributed by atoms with Crippen molar-refractivity contribution in [2.24, 2.45) is 0 Å². The van der Waals surface area contributed by atoms with Crippen LogP contribution in [0.2, 0.25) is 0 Å². The van der Waals surface area contributed by atoms with Gasteiger partial charge in [0.2, 0.25) is 5.91 Å². The van der Waals surface area contributed by atoms with Crippen molar-refractivity contribution in [3.05, 3.63) is 0 Å². The highest BCUT2D eigenvalue weighted by atomic mass is 32.2. The van der Waals surface area contributed by atoms with Crippen molar-refractivity contribution in [2.75, 3.05) is 36.8 Å². The zero-order valence-corrected chi connectivity index (χ0v) is 11.8. The van der Waals surface area contributed by atoms with Crippen molar-refractivity contribution in [1.82, 2.24) is 15.4 Å². The minimum atomic E-state index is -0.123. The van der Waals surface area contributed by atoms with E-state index in [0.717, 1.165) is 17.5 Å². The van der Waals surface area contributed by atoms with Gasteiger partial charge in [-0.25, -0.2) is 9.99 Å². The predicted molar refractivity (Wildman–Crippen MR) is 69.5 cm³/mol. The van der Waals surface area contributed by atoms with Crippen molar-refractivity contribution < 1.29 is 9.36 Å². The number of nitrogens with zero attached hydrogens (tertiary/aromatic N) is 5. The van der Waals surface area contributed by atoms with Gasteiger partial charge in [0.25, 0.3) is 5.16 Å². The Balaban J connectivity index is 2.41. The quantitative estimate of drug-likeness (QED) is 0.585. The number of thioether (sulfide) groups is 1. The molecule has 8 heteroatoms. The molecular formula is C10H17N6OS+. The molecule has 0 atom stereocenters. The monoisotopic (exact) mass is 269 g/mol. The average molecular weight is 269 g/mol. The van der Waals surface area contributed by atoms with Crippen LogP contribution in [0.5, 0.6) is 0 Å². The number of hydrogen-bond acceptors (Lipinski definition) is 6. The van der Waals surface area contributed by atoms with Crippen molar-refractivity contribution >= 4 is 29.6 Å². The van der Waals surface area contributed by atoms with Gasteiger partial charge in [0.15, 0.2) is 0 Å². The molecule has 7 nitrogen and oxygen atoms in total. The molecule has 2 rings (SSSR count). The lowest BCUT2D eigenvalue weighted by Crippen LogP contribution is -2.49. The summed E-state index contributed by atoms with van der Waals surface area (Å²) in [5.74, 6) is 2.20. The van der Waals surface area contributed by atoms with Crippen LogP contribution in [0.15, 0.2) is 5.16 Å². The van der Waals surface area contributed by atoms with Crippen LogP contribution in [-0.4, -0.2) is 42.8 Å². The first-order valence-corrected chi connectivity index (χ1v) is 6.60. The standard InChI is InChI=1S/C10H16N6OS/c1-7(17)13-15(4)9-11-8(14(2)3)12-10-16(9)5-6-18-10/h5-6H2,1-4H3/p+1. The lowest BCUT2D eigenvalue weighted by molar-refractivity contribution is -0.717. The highest BCUT2D eigenvalue weighted by Crippen LogP contribution is 2.21. The average Bonchev–Trinajstić information content (AvgIpc) is 2.74. The fourth-order valence-corrected chi connectivity index (χ4v) is 2.61. The molecule has 0 saturated heterocycles. The van der Waals surface area contributed by atoms with Crippen LogP contribution < -0.4 is 19.9 Å². The van der Waals surface area contributed by atoms with Crippen molar-refractivity contribution in [1.29, 1.82) is 0 Å². The number of nitrogens with one attached hydrogen (secondary N) is 1. The number of carbonyl (C=O) groups excluding carboxylic acids is 1. The maximum atomic E-state index is 11.1. The minimum Gasteiger partial charge on any atom is -0.326 e. The van der Waals surface area contributed by atoms with E-state index in [1.807, 2.05) is 23.6 Å². The number of aromatic nitrogens is 3. The van der Waals surface area contributed by atoms with Crippen LogP contribution in [0, 0.1) is 0 Å². The van der Waals surface area contributed by atoms with Gasteiger partial charge in [-0.3, -0.25) is 4.79 Å². The second-order valence-electron chi connectivity index (χ2n) is 4.23. The van der Waals surface area contributed by atoms with Crippen molar-refractivity contribution in [3.8, 4) is 0 Å². The van der Waals surface area contributed by atoms with Gasteiger partial charge in [-0.15, -0.1) is 0 Å². The Labute approximate surface area is 110 Å². The Morgan fingerprint density at radius 3 is 2.72 bits per heavy atom. The van der Waals surface area contributed by atoms with E-state index in [2.05, 4.69) is 15.4 Å². The second kappa shape index (κ2) is 4.97. The molecule has 0 radical (unpaired) electrons. The second-order valence-corrected chi connectivity index (χ2v) is 5.29. The molecular weight excluding hydrogens is 252 g/mol. The van der Waals surface area contributed by atoms with E-state index < -0.39 is 0 Å². The van der Waals surface area contributed by atoms with E-state index in [1.54, 1.807) is 23.8 Å². The number of fused-ring (bicyclic) bond motifs is 1. The summed E-state index contributed by atoms with van der Waals surface area (Å²) in [6.45, 7) is 2.33. The van der Waals surface area contributed by atoms with Crippen LogP contribution in [0.25, 0.3) is 0 Å². The zero-order chi connectivity index (χ0) is 13.3. The summed E-state index contributed by atoms with van der Waals surface area (Å²) in [6.07, 6.45) is 0. The SMILES string of the molecule is CC(=O)NN(C)c1nc(N(C)C)nc2[n+]1CCS2. The Kier molecular flexibility index (Phi) is 3.55. The van der Waals surface area contributed by atoms with E-state index in [1.165, 1.54) is 6.92 Å². The Hall–Kier alpha value is -1.57. The molecule has 1 aromatic rings. The molecule has 1 aromatic heterocycles. The molecule has 18 heavy (non-hydrogen) atoms. The van der Waals surface area contributed by atoms with Crippen LogP contribution in [0.4, 0.5) is 11.9 Å². The molecule has 1 amide bonds. The van der Waals surface area contributed by atoms with Crippen molar-refractivity contribution in [3.63, 3.8) is 0 Å². The number of amides is 1. The first kappa shape index (κ1) is 12.9. The van der Waals surface area contributed by atoms with Gasteiger partial charge in [-0.1, -0.05) is 21.7 Å². The first-order valence-electron chi connectivity index (χ1n) is 5.62. The fraction of sp³-hybridized carbons (Fsp3) is 0.600. The smallest absolute Gasteiger partial charge is 0.326 e. The molecule has 1 N–H and O–H groups in total. The summed E-state index contributed by atoms with van der Waals surface area (Å²) in [6, 6.07) is 0. The van der Waals surface area contributed by atoms with Gasteiger partial charge in [-0.2, -0.15) is 5.01 Å². The number of rotatable bonds is 3. The van der Waals surface area contributed by atoms with Crippen LogP contribution in [0.3, 0.4) is 0 Å². The molecule has 1 aliphatic heterocycles. The van der Waals surface area contributed by atoms with Crippen LogP contribution in [-0.2, 0) is 11.3 Å². The molecule has 98 valence electrons. The summed E-state index contributed by atoms with van der Waals surface area (Å²) < 4.78 is 2.01. The lowest BCUT2D eigenvalue weighted by atomic mass is 10.6. The van der Waals surface area contributed by atoms with Gasteiger partial charge < -0.3 is 4.90 Å². The third kappa shape index (κ3) is 2.47. The van der Waals surface area contributed by atoms with Gasteiger partial charge in [0, 0.05) is 26.8 Å². The van der Waals surface area contributed by atoms with Gasteiger partial charge >= 0.3 is 11.9 Å². The summed E-state index contributed by atoms with van der Waals surface area (Å²) in [4.78, 5) is 21.9. The largest absolute Gasteiger partial charge is 0.375 e. The normalized spacial score (nSPS) is 13.1. The van der Waals surface area contributed by atoms with E-state index in [4.69, 9.17) is 0 Å². The van der Waals surface area contributed by atoms with E-state index in [-0.39, 0.29) is 5.91 Å². The third-order valence-corrected chi connectivity index (χ3v) is 3.40. The number of hydrazine groups is 1. The first-order chi connectivity index (χ1) is 8.49. The maximum Gasteiger partial charge on any atom is 0.375 e. The van der Waals surface area contributed by atoms with Crippen LogP contribution in [0.1, 0.15) is 6.92 Å². The molecule has 1 aliphatic rings. The molecule has 0 fully saturated rings. The van der Waals surface area contributed by atoms with E-state index in [9.17, 15) is 4.79 Å². The van der Waals surface area contributed by atoms with Gasteiger partial charge in [0.05, 0.1) is 13.6 Å². The summed E-state index contributed by atoms with van der Waals surface area (Å²) >= 11 is 1.70. The third-order valence-electron chi connectivity index (χ3n) is 2.44. The molecule has 0 aromatic carbocycles. The molecule has 0 unspecified atom stereocenters. The van der Waals surface area contributed by atoms with Crippen molar-refractivity contribution in [2.45, 2.75) is 18.6 Å². The minimum absolute atomic E-state index is 0.123. The lowest BCUT2D eigenvalue weighted by Gasteiger charge is -2.15. The topological polar surface area (TPSA) is 65.2 Å². The van der Waals surface area contributed by atoms with E-state index in [0.29, 0.717) is 11.9 Å². The molecule has 0 aliphatic carbocycles. The van der Waals surface area contributed by atoms with Crippen LogP contribution >= 0.6 is 11.8 Å². The molecule has 0 saturated carbocycles. The summed E-state index contributed by atoms with van der Waals surface area (Å²) in [5, 5.41) is 2.56.